The molecule has 0 aliphatic carbocycles. The minimum atomic E-state index is -0.386. The van der Waals surface area contributed by atoms with Crippen molar-refractivity contribution in [3.63, 3.8) is 0 Å². The van der Waals surface area contributed by atoms with Crippen molar-refractivity contribution in [2.24, 2.45) is 5.73 Å². The summed E-state index contributed by atoms with van der Waals surface area (Å²) in [5.74, 6) is 6.31. The van der Waals surface area contributed by atoms with Gasteiger partial charge in [0.25, 0.3) is 0 Å². The van der Waals surface area contributed by atoms with Crippen LogP contribution in [0.2, 0.25) is 0 Å². The predicted octanol–water partition coefficient (Wildman–Crippen LogP) is 2.72. The summed E-state index contributed by atoms with van der Waals surface area (Å²) in [6, 6.07) is 11.9. The van der Waals surface area contributed by atoms with Gasteiger partial charge in [-0.05, 0) is 29.8 Å². The van der Waals surface area contributed by atoms with Gasteiger partial charge in [0.1, 0.15) is 23.9 Å². The summed E-state index contributed by atoms with van der Waals surface area (Å²) in [6.45, 7) is 0.579. The van der Waals surface area contributed by atoms with Gasteiger partial charge >= 0.3 is 0 Å². The van der Waals surface area contributed by atoms with Gasteiger partial charge < -0.3 is 15.2 Å². The van der Waals surface area contributed by atoms with Gasteiger partial charge in [-0.25, -0.2) is 4.39 Å². The van der Waals surface area contributed by atoms with E-state index in [0.29, 0.717) is 17.9 Å². The van der Waals surface area contributed by atoms with Crippen LogP contribution in [-0.4, -0.2) is 13.7 Å². The Morgan fingerprint density at radius 2 is 1.86 bits per heavy atom. The Morgan fingerprint density at radius 3 is 2.52 bits per heavy atom. The lowest BCUT2D eigenvalue weighted by atomic mass is 10.2. The molecule has 3 nitrogen and oxygen atoms in total. The van der Waals surface area contributed by atoms with E-state index in [9.17, 15) is 4.39 Å². The zero-order valence-corrected chi connectivity index (χ0v) is 11.7. The molecule has 0 aromatic heterocycles. The van der Waals surface area contributed by atoms with E-state index < -0.39 is 0 Å². The summed E-state index contributed by atoms with van der Waals surface area (Å²) in [5, 5.41) is 0. The molecule has 0 heterocycles. The second-order valence-electron chi connectivity index (χ2n) is 4.32. The molecule has 0 bridgehead atoms. The van der Waals surface area contributed by atoms with Crippen LogP contribution in [0, 0.1) is 17.7 Å². The largest absolute Gasteiger partial charge is 0.497 e. The van der Waals surface area contributed by atoms with E-state index in [1.807, 2.05) is 24.3 Å². The number of hydrogen-bond acceptors (Lipinski definition) is 3. The predicted molar refractivity (Wildman–Crippen MR) is 79.7 cm³/mol. The van der Waals surface area contributed by atoms with Gasteiger partial charge in [-0.2, -0.15) is 0 Å². The van der Waals surface area contributed by atoms with Gasteiger partial charge in [-0.1, -0.05) is 24.0 Å². The minimum Gasteiger partial charge on any atom is -0.497 e. The maximum absolute atomic E-state index is 13.5. The van der Waals surface area contributed by atoms with Crippen LogP contribution in [-0.2, 0) is 6.61 Å². The summed E-state index contributed by atoms with van der Waals surface area (Å²) in [5.41, 5.74) is 6.82. The summed E-state index contributed by atoms with van der Waals surface area (Å²) < 4.78 is 24.2. The van der Waals surface area contributed by atoms with Gasteiger partial charge in [-0.15, -0.1) is 0 Å². The zero-order valence-electron chi connectivity index (χ0n) is 11.7. The Bertz CT molecular complexity index is 657. The van der Waals surface area contributed by atoms with Gasteiger partial charge in [0.05, 0.1) is 13.7 Å². The van der Waals surface area contributed by atoms with Crippen molar-refractivity contribution < 1.29 is 13.9 Å². The maximum Gasteiger partial charge on any atom is 0.128 e. The first-order chi connectivity index (χ1) is 10.2. The fourth-order valence-corrected chi connectivity index (χ4v) is 1.76. The Kier molecular flexibility index (Phi) is 5.19. The van der Waals surface area contributed by atoms with Crippen LogP contribution in [0.5, 0.6) is 11.5 Å². The number of nitrogens with two attached hydrogens (primary N) is 1. The summed E-state index contributed by atoms with van der Waals surface area (Å²) in [6.07, 6.45) is 0. The summed E-state index contributed by atoms with van der Waals surface area (Å²) in [4.78, 5) is 0. The molecule has 0 aliphatic heterocycles. The SMILES string of the molecule is COc1ccc(COc2cc(F)cc(C#CCN)c2)cc1. The summed E-state index contributed by atoms with van der Waals surface area (Å²) >= 11 is 0. The number of rotatable bonds is 4. The van der Waals surface area contributed by atoms with Crippen molar-refractivity contribution in [1.29, 1.82) is 0 Å². The smallest absolute Gasteiger partial charge is 0.128 e. The number of halogens is 1. The third-order valence-electron chi connectivity index (χ3n) is 2.77. The molecule has 0 amide bonds. The maximum atomic E-state index is 13.5. The Balaban J connectivity index is 2.06. The fraction of sp³-hybridized carbons (Fsp3) is 0.176. The molecular weight excluding hydrogens is 269 g/mol. The highest BCUT2D eigenvalue weighted by atomic mass is 19.1. The Hall–Kier alpha value is -2.51. The van der Waals surface area contributed by atoms with Crippen LogP contribution < -0.4 is 15.2 Å². The van der Waals surface area contributed by atoms with Crippen LogP contribution in [0.3, 0.4) is 0 Å². The highest BCUT2D eigenvalue weighted by molar-refractivity contribution is 5.40. The molecule has 0 spiro atoms. The molecule has 21 heavy (non-hydrogen) atoms. The molecule has 2 aromatic carbocycles. The lowest BCUT2D eigenvalue weighted by molar-refractivity contribution is 0.304. The van der Waals surface area contributed by atoms with E-state index in [2.05, 4.69) is 11.8 Å². The van der Waals surface area contributed by atoms with Crippen molar-refractivity contribution in [3.8, 4) is 23.3 Å². The molecule has 4 heteroatoms. The lowest BCUT2D eigenvalue weighted by Gasteiger charge is -2.08. The van der Waals surface area contributed by atoms with E-state index in [0.717, 1.165) is 11.3 Å². The average Bonchev–Trinajstić information content (AvgIpc) is 2.51. The highest BCUT2D eigenvalue weighted by Crippen LogP contribution is 2.18. The normalized spacial score (nSPS) is 9.67. The molecule has 0 saturated carbocycles. The average molecular weight is 285 g/mol. The summed E-state index contributed by atoms with van der Waals surface area (Å²) in [7, 11) is 1.61. The molecule has 0 saturated heterocycles. The number of ether oxygens (including phenoxy) is 2. The zero-order chi connectivity index (χ0) is 15.1. The first kappa shape index (κ1) is 14.9. The molecule has 0 aliphatic rings. The molecule has 108 valence electrons. The first-order valence-corrected chi connectivity index (χ1v) is 6.46. The molecule has 2 rings (SSSR count). The van der Waals surface area contributed by atoms with E-state index in [1.54, 1.807) is 13.2 Å². The van der Waals surface area contributed by atoms with Crippen molar-refractivity contribution in [2.75, 3.05) is 13.7 Å². The quantitative estimate of drug-likeness (QED) is 0.878. The van der Waals surface area contributed by atoms with E-state index in [4.69, 9.17) is 15.2 Å². The van der Waals surface area contributed by atoms with Gasteiger partial charge in [0.2, 0.25) is 0 Å². The molecule has 2 N–H and O–H groups in total. The van der Waals surface area contributed by atoms with Crippen molar-refractivity contribution >= 4 is 0 Å². The van der Waals surface area contributed by atoms with Crippen LogP contribution in [0.15, 0.2) is 42.5 Å². The molecule has 0 radical (unpaired) electrons. The van der Waals surface area contributed by atoms with Crippen LogP contribution >= 0.6 is 0 Å². The van der Waals surface area contributed by atoms with Gasteiger partial charge in [-0.3, -0.25) is 0 Å². The van der Waals surface area contributed by atoms with E-state index >= 15 is 0 Å². The van der Waals surface area contributed by atoms with Crippen molar-refractivity contribution in [2.45, 2.75) is 6.61 Å². The molecule has 2 aromatic rings. The van der Waals surface area contributed by atoms with E-state index in [1.165, 1.54) is 12.1 Å². The second-order valence-corrected chi connectivity index (χ2v) is 4.32. The standard InChI is InChI=1S/C17H16FNO2/c1-20-16-6-4-13(5-7-16)12-21-17-10-14(3-2-8-19)9-15(18)11-17/h4-7,9-11H,8,12,19H2,1H3. The highest BCUT2D eigenvalue weighted by Gasteiger charge is 2.02. The second kappa shape index (κ2) is 7.32. The first-order valence-electron chi connectivity index (χ1n) is 6.46. The number of benzene rings is 2. The van der Waals surface area contributed by atoms with Gasteiger partial charge in [0, 0.05) is 11.6 Å². The molecule has 0 unspecified atom stereocenters. The van der Waals surface area contributed by atoms with Crippen LogP contribution in [0.25, 0.3) is 0 Å². The Labute approximate surface area is 123 Å². The van der Waals surface area contributed by atoms with Crippen LogP contribution in [0.1, 0.15) is 11.1 Å². The molecular formula is C17H16FNO2. The third-order valence-corrected chi connectivity index (χ3v) is 2.77. The van der Waals surface area contributed by atoms with Crippen molar-refractivity contribution in [1.82, 2.24) is 0 Å². The number of hydrogen-bond donors (Lipinski definition) is 1. The fourth-order valence-electron chi connectivity index (χ4n) is 1.76. The number of methoxy groups -OCH3 is 1. The third kappa shape index (κ3) is 4.51. The monoisotopic (exact) mass is 285 g/mol. The van der Waals surface area contributed by atoms with Crippen LogP contribution in [0.4, 0.5) is 4.39 Å². The molecule has 0 atom stereocenters. The Morgan fingerprint density at radius 1 is 1.10 bits per heavy atom. The topological polar surface area (TPSA) is 44.5 Å². The van der Waals surface area contributed by atoms with Gasteiger partial charge in [0.15, 0.2) is 0 Å². The van der Waals surface area contributed by atoms with E-state index in [-0.39, 0.29) is 12.4 Å². The van der Waals surface area contributed by atoms with Crippen molar-refractivity contribution in [3.05, 3.63) is 59.4 Å². The lowest BCUT2D eigenvalue weighted by Crippen LogP contribution is -1.97. The molecule has 0 fully saturated rings. The minimum absolute atomic E-state index is 0.235.